The average Bonchev–Trinajstić information content (AvgIpc) is 2.89. The van der Waals surface area contributed by atoms with Crippen LogP contribution in [0.5, 0.6) is 0 Å². The van der Waals surface area contributed by atoms with E-state index in [1.165, 1.54) is 5.56 Å². The van der Waals surface area contributed by atoms with Gasteiger partial charge in [0.05, 0.1) is 5.60 Å². The Morgan fingerprint density at radius 3 is 2.55 bits per heavy atom. The van der Waals surface area contributed by atoms with E-state index in [4.69, 9.17) is 0 Å². The van der Waals surface area contributed by atoms with E-state index in [2.05, 4.69) is 24.3 Å². The van der Waals surface area contributed by atoms with Crippen molar-refractivity contribution in [1.82, 2.24) is 0 Å². The standard InChI is InChI=1S/C18H24O2/c19-17-9-8-15(14-6-2-1-3-7-14)12-16(17)13-18(20)10-4-5-11-18/h1-3,6-7,15-16,20H,4-5,8-13H2. The molecule has 0 heterocycles. The molecule has 0 aromatic heterocycles. The van der Waals surface area contributed by atoms with Crippen molar-refractivity contribution in [1.29, 1.82) is 0 Å². The summed E-state index contributed by atoms with van der Waals surface area (Å²) in [6, 6.07) is 10.5. The van der Waals surface area contributed by atoms with Gasteiger partial charge in [0.1, 0.15) is 5.78 Å². The summed E-state index contributed by atoms with van der Waals surface area (Å²) >= 11 is 0. The second-order valence-electron chi connectivity index (χ2n) is 6.68. The van der Waals surface area contributed by atoms with Gasteiger partial charge in [-0.3, -0.25) is 4.79 Å². The van der Waals surface area contributed by atoms with Crippen molar-refractivity contribution in [3.05, 3.63) is 35.9 Å². The molecule has 2 saturated carbocycles. The Labute approximate surface area is 121 Å². The van der Waals surface area contributed by atoms with Crippen LogP contribution >= 0.6 is 0 Å². The Bertz CT molecular complexity index is 460. The third-order valence-electron chi connectivity index (χ3n) is 5.20. The molecular weight excluding hydrogens is 248 g/mol. The van der Waals surface area contributed by atoms with Gasteiger partial charge in [-0.25, -0.2) is 0 Å². The number of rotatable bonds is 3. The lowest BCUT2D eigenvalue weighted by Gasteiger charge is -2.33. The average molecular weight is 272 g/mol. The predicted molar refractivity (Wildman–Crippen MR) is 79.6 cm³/mol. The Kier molecular flexibility index (Phi) is 3.93. The highest BCUT2D eigenvalue weighted by Crippen LogP contribution is 2.41. The number of hydrogen-bond donors (Lipinski definition) is 1. The molecule has 0 aliphatic heterocycles. The summed E-state index contributed by atoms with van der Waals surface area (Å²) in [5.41, 5.74) is 0.794. The molecule has 1 aromatic carbocycles. The van der Waals surface area contributed by atoms with Crippen LogP contribution in [0.15, 0.2) is 30.3 Å². The normalized spacial score (nSPS) is 29.6. The minimum atomic E-state index is -0.557. The number of hydrogen-bond acceptors (Lipinski definition) is 2. The lowest BCUT2D eigenvalue weighted by Crippen LogP contribution is -2.34. The summed E-state index contributed by atoms with van der Waals surface area (Å²) in [7, 11) is 0. The summed E-state index contributed by atoms with van der Waals surface area (Å²) < 4.78 is 0. The van der Waals surface area contributed by atoms with Crippen LogP contribution in [-0.2, 0) is 4.79 Å². The van der Waals surface area contributed by atoms with Gasteiger partial charge in [0.25, 0.3) is 0 Å². The molecule has 0 radical (unpaired) electrons. The van der Waals surface area contributed by atoms with E-state index in [1.54, 1.807) is 0 Å². The van der Waals surface area contributed by atoms with E-state index >= 15 is 0 Å². The molecule has 108 valence electrons. The Morgan fingerprint density at radius 2 is 1.85 bits per heavy atom. The zero-order chi connectivity index (χ0) is 14.0. The summed E-state index contributed by atoms with van der Waals surface area (Å²) in [6.07, 6.45) is 7.25. The van der Waals surface area contributed by atoms with Crippen LogP contribution in [0.3, 0.4) is 0 Å². The van der Waals surface area contributed by atoms with Gasteiger partial charge in [0.2, 0.25) is 0 Å². The van der Waals surface area contributed by atoms with Crippen LogP contribution < -0.4 is 0 Å². The molecule has 3 rings (SSSR count). The highest BCUT2D eigenvalue weighted by Gasteiger charge is 2.38. The molecule has 0 saturated heterocycles. The molecule has 1 aromatic rings. The van der Waals surface area contributed by atoms with E-state index in [-0.39, 0.29) is 5.92 Å². The molecule has 2 unspecified atom stereocenters. The van der Waals surface area contributed by atoms with Crippen LogP contribution in [0.1, 0.15) is 62.8 Å². The van der Waals surface area contributed by atoms with Crippen LogP contribution in [-0.4, -0.2) is 16.5 Å². The molecule has 0 spiro atoms. The number of carbonyl (C=O) groups excluding carboxylic acids is 1. The van der Waals surface area contributed by atoms with Crippen molar-refractivity contribution in [2.24, 2.45) is 5.92 Å². The van der Waals surface area contributed by atoms with E-state index in [1.807, 2.05) is 6.07 Å². The van der Waals surface area contributed by atoms with Gasteiger partial charge in [-0.2, -0.15) is 0 Å². The fourth-order valence-corrected chi connectivity index (χ4v) is 4.03. The van der Waals surface area contributed by atoms with Gasteiger partial charge in [0, 0.05) is 12.3 Å². The largest absolute Gasteiger partial charge is 0.390 e. The molecule has 2 atom stereocenters. The van der Waals surface area contributed by atoms with Crippen molar-refractivity contribution < 1.29 is 9.90 Å². The topological polar surface area (TPSA) is 37.3 Å². The first kappa shape index (κ1) is 13.8. The maximum Gasteiger partial charge on any atom is 0.136 e. The second kappa shape index (κ2) is 5.69. The lowest BCUT2D eigenvalue weighted by atomic mass is 9.73. The Morgan fingerprint density at radius 1 is 1.15 bits per heavy atom. The third-order valence-corrected chi connectivity index (χ3v) is 5.20. The molecule has 2 nitrogen and oxygen atoms in total. The van der Waals surface area contributed by atoms with Crippen molar-refractivity contribution in [2.45, 2.75) is 62.9 Å². The van der Waals surface area contributed by atoms with E-state index < -0.39 is 5.60 Å². The first-order valence-corrected chi connectivity index (χ1v) is 7.96. The van der Waals surface area contributed by atoms with Gasteiger partial charge in [0.15, 0.2) is 0 Å². The second-order valence-corrected chi connectivity index (χ2v) is 6.68. The number of benzene rings is 1. The van der Waals surface area contributed by atoms with Crippen molar-refractivity contribution >= 4 is 5.78 Å². The van der Waals surface area contributed by atoms with Crippen LogP contribution in [0.4, 0.5) is 0 Å². The van der Waals surface area contributed by atoms with E-state index in [0.717, 1.165) is 38.5 Å². The van der Waals surface area contributed by atoms with E-state index in [9.17, 15) is 9.90 Å². The van der Waals surface area contributed by atoms with Gasteiger partial charge >= 0.3 is 0 Å². The maximum absolute atomic E-state index is 12.2. The minimum Gasteiger partial charge on any atom is -0.390 e. The predicted octanol–water partition coefficient (Wildman–Crippen LogP) is 3.83. The molecule has 1 N–H and O–H groups in total. The summed E-state index contributed by atoms with van der Waals surface area (Å²) in [4.78, 5) is 12.2. The summed E-state index contributed by atoms with van der Waals surface area (Å²) in [5.74, 6) is 0.929. The van der Waals surface area contributed by atoms with Crippen LogP contribution in [0.25, 0.3) is 0 Å². The first-order valence-electron chi connectivity index (χ1n) is 7.96. The zero-order valence-electron chi connectivity index (χ0n) is 12.1. The SMILES string of the molecule is O=C1CCC(c2ccccc2)CC1CC1(O)CCCC1. The Balaban J connectivity index is 1.69. The number of Topliss-reactive ketones (excluding diaryl/α,β-unsaturated/α-hetero) is 1. The molecule has 0 amide bonds. The zero-order valence-corrected chi connectivity index (χ0v) is 12.1. The smallest absolute Gasteiger partial charge is 0.136 e. The minimum absolute atomic E-state index is 0.0667. The van der Waals surface area contributed by atoms with Crippen molar-refractivity contribution in [3.8, 4) is 0 Å². The molecule has 2 aliphatic carbocycles. The van der Waals surface area contributed by atoms with E-state index in [0.29, 0.717) is 24.5 Å². The highest BCUT2D eigenvalue weighted by atomic mass is 16.3. The monoisotopic (exact) mass is 272 g/mol. The highest BCUT2D eigenvalue weighted by molar-refractivity contribution is 5.82. The van der Waals surface area contributed by atoms with Gasteiger partial charge in [-0.15, -0.1) is 0 Å². The summed E-state index contributed by atoms with van der Waals surface area (Å²) in [6.45, 7) is 0. The molecular formula is C18H24O2. The molecule has 2 heteroatoms. The number of aliphatic hydroxyl groups is 1. The third kappa shape index (κ3) is 2.95. The molecule has 2 fully saturated rings. The fraction of sp³-hybridized carbons (Fsp3) is 0.611. The lowest BCUT2D eigenvalue weighted by molar-refractivity contribution is -0.127. The maximum atomic E-state index is 12.2. The molecule has 0 bridgehead atoms. The van der Waals surface area contributed by atoms with Gasteiger partial charge in [-0.1, -0.05) is 43.2 Å². The fourth-order valence-electron chi connectivity index (χ4n) is 4.03. The quantitative estimate of drug-likeness (QED) is 0.908. The van der Waals surface area contributed by atoms with Gasteiger partial charge in [-0.05, 0) is 43.6 Å². The molecule has 20 heavy (non-hydrogen) atoms. The first-order chi connectivity index (χ1) is 9.66. The number of ketones is 1. The number of carbonyl (C=O) groups is 1. The Hall–Kier alpha value is -1.15. The van der Waals surface area contributed by atoms with Crippen molar-refractivity contribution in [3.63, 3.8) is 0 Å². The van der Waals surface area contributed by atoms with Gasteiger partial charge < -0.3 is 5.11 Å². The molecule has 2 aliphatic rings. The van der Waals surface area contributed by atoms with Crippen molar-refractivity contribution in [2.75, 3.05) is 0 Å². The summed E-state index contributed by atoms with van der Waals surface area (Å²) in [5, 5.41) is 10.6. The van der Waals surface area contributed by atoms with Crippen LogP contribution in [0, 0.1) is 5.92 Å². The van der Waals surface area contributed by atoms with Crippen LogP contribution in [0.2, 0.25) is 0 Å².